The van der Waals surface area contributed by atoms with Crippen molar-refractivity contribution in [3.63, 3.8) is 0 Å². The quantitative estimate of drug-likeness (QED) is 0.521. The van der Waals surface area contributed by atoms with Crippen LogP contribution in [0, 0.1) is 0 Å². The molecular formula is C23H28N6O3. The molecule has 2 aromatic heterocycles. The Balaban J connectivity index is 1.79. The molecule has 0 fully saturated rings. The Morgan fingerprint density at radius 1 is 1.25 bits per heavy atom. The van der Waals surface area contributed by atoms with Crippen LogP contribution in [0.1, 0.15) is 40.3 Å². The van der Waals surface area contributed by atoms with E-state index in [4.69, 9.17) is 4.74 Å². The predicted octanol–water partition coefficient (Wildman–Crippen LogP) is 3.32. The van der Waals surface area contributed by atoms with E-state index in [1.165, 1.54) is 4.68 Å². The molecule has 0 spiro atoms. The maximum absolute atomic E-state index is 11.8. The zero-order valence-electron chi connectivity index (χ0n) is 18.9. The Morgan fingerprint density at radius 2 is 2.03 bits per heavy atom. The molecule has 3 aromatic rings. The largest absolute Gasteiger partial charge is 0.484 e. The van der Waals surface area contributed by atoms with Crippen molar-refractivity contribution in [2.75, 3.05) is 11.9 Å². The Labute approximate surface area is 187 Å². The second-order valence-electron chi connectivity index (χ2n) is 8.66. The van der Waals surface area contributed by atoms with Gasteiger partial charge in [-0.05, 0) is 32.0 Å². The summed E-state index contributed by atoms with van der Waals surface area (Å²) in [5.74, 6) is 1.42. The van der Waals surface area contributed by atoms with Crippen molar-refractivity contribution in [3.8, 4) is 17.1 Å². The lowest BCUT2D eigenvalue weighted by Gasteiger charge is -2.17. The smallest absolute Gasteiger partial charge is 0.258 e. The number of hydrogen-bond donors (Lipinski definition) is 2. The third kappa shape index (κ3) is 5.90. The molecule has 0 unspecified atom stereocenters. The van der Waals surface area contributed by atoms with Gasteiger partial charge in [-0.25, -0.2) is 14.6 Å². The second-order valence-corrected chi connectivity index (χ2v) is 8.66. The molecule has 1 amide bonds. The third-order valence-electron chi connectivity index (χ3n) is 4.38. The van der Waals surface area contributed by atoms with Gasteiger partial charge in [0.05, 0.1) is 17.6 Å². The highest BCUT2D eigenvalue weighted by Crippen LogP contribution is 2.30. The van der Waals surface area contributed by atoms with E-state index in [1.807, 2.05) is 46.8 Å². The van der Waals surface area contributed by atoms with Crippen LogP contribution >= 0.6 is 0 Å². The van der Waals surface area contributed by atoms with Gasteiger partial charge in [0.15, 0.2) is 12.4 Å². The number of hydrogen-bond acceptors (Lipinski definition) is 7. The van der Waals surface area contributed by atoms with Crippen molar-refractivity contribution in [2.24, 2.45) is 0 Å². The molecule has 9 heteroatoms. The zero-order valence-corrected chi connectivity index (χ0v) is 18.9. The summed E-state index contributed by atoms with van der Waals surface area (Å²) >= 11 is 0. The maximum Gasteiger partial charge on any atom is 0.258 e. The van der Waals surface area contributed by atoms with Crippen molar-refractivity contribution in [1.82, 2.24) is 25.1 Å². The minimum absolute atomic E-state index is 0.0542. The van der Waals surface area contributed by atoms with Crippen LogP contribution in [0.3, 0.4) is 0 Å². The first-order valence-electron chi connectivity index (χ1n) is 10.3. The summed E-state index contributed by atoms with van der Waals surface area (Å²) in [5, 5.41) is 10.4. The molecule has 0 bridgehead atoms. The number of anilines is 2. The van der Waals surface area contributed by atoms with Gasteiger partial charge < -0.3 is 15.4 Å². The molecule has 0 saturated heterocycles. The van der Waals surface area contributed by atoms with Crippen LogP contribution in [-0.4, -0.2) is 44.7 Å². The van der Waals surface area contributed by atoms with Crippen LogP contribution in [0.5, 0.6) is 5.75 Å². The minimum Gasteiger partial charge on any atom is -0.484 e. The van der Waals surface area contributed by atoms with Crippen LogP contribution in [-0.2, 0) is 15.0 Å². The molecule has 2 heterocycles. The van der Waals surface area contributed by atoms with E-state index in [1.54, 1.807) is 30.6 Å². The summed E-state index contributed by atoms with van der Waals surface area (Å²) in [7, 11) is 0. The summed E-state index contributed by atoms with van der Waals surface area (Å²) in [6, 6.07) is 9.04. The molecule has 2 N–H and O–H groups in total. The highest BCUT2D eigenvalue weighted by Gasteiger charge is 2.23. The molecule has 9 nitrogen and oxygen atoms in total. The Bertz CT molecular complexity index is 1100. The molecular weight excluding hydrogens is 408 g/mol. The van der Waals surface area contributed by atoms with Crippen LogP contribution in [0.25, 0.3) is 11.4 Å². The molecule has 0 radical (unpaired) electrons. The minimum atomic E-state index is -0.264. The fourth-order valence-corrected chi connectivity index (χ4v) is 3.03. The van der Waals surface area contributed by atoms with E-state index in [0.717, 1.165) is 11.3 Å². The molecule has 1 aromatic carbocycles. The summed E-state index contributed by atoms with van der Waals surface area (Å²) in [4.78, 5) is 32.0. The van der Waals surface area contributed by atoms with E-state index >= 15 is 0 Å². The normalized spacial score (nSPS) is 11.3. The SMILES string of the molecule is CC(C)NC(=O)COc1cccc(-c2nccc(Nc3cn(C=O)nc3C(C)(C)C)n2)c1. The number of benzene rings is 1. The van der Waals surface area contributed by atoms with Crippen LogP contribution in [0.4, 0.5) is 11.5 Å². The number of ether oxygens (including phenoxy) is 1. The highest BCUT2D eigenvalue weighted by molar-refractivity contribution is 5.77. The van der Waals surface area contributed by atoms with Gasteiger partial charge in [-0.3, -0.25) is 9.59 Å². The molecule has 0 atom stereocenters. The second kappa shape index (κ2) is 9.59. The van der Waals surface area contributed by atoms with Gasteiger partial charge in [0.25, 0.3) is 5.91 Å². The zero-order chi connectivity index (χ0) is 23.3. The van der Waals surface area contributed by atoms with Gasteiger partial charge in [0.1, 0.15) is 11.6 Å². The third-order valence-corrected chi connectivity index (χ3v) is 4.38. The Morgan fingerprint density at radius 3 is 2.72 bits per heavy atom. The van der Waals surface area contributed by atoms with Crippen LogP contribution in [0.15, 0.2) is 42.7 Å². The van der Waals surface area contributed by atoms with E-state index in [0.29, 0.717) is 29.5 Å². The number of rotatable bonds is 8. The van der Waals surface area contributed by atoms with Crippen molar-refractivity contribution in [1.29, 1.82) is 0 Å². The van der Waals surface area contributed by atoms with Crippen LogP contribution < -0.4 is 15.4 Å². The molecule has 0 aliphatic carbocycles. The predicted molar refractivity (Wildman–Crippen MR) is 123 cm³/mol. The first-order valence-corrected chi connectivity index (χ1v) is 10.3. The topological polar surface area (TPSA) is 111 Å². The Kier molecular flexibility index (Phi) is 6.87. The Hall–Kier alpha value is -3.75. The van der Waals surface area contributed by atoms with Gasteiger partial charge in [0.2, 0.25) is 6.41 Å². The van der Waals surface area contributed by atoms with Crippen molar-refractivity contribution >= 4 is 23.8 Å². The standard InChI is InChI=1S/C23H28N6O3/c1-15(2)25-20(31)13-32-17-8-6-7-16(11-17)22-24-10-9-19(27-22)26-18-12-29(14-30)28-21(18)23(3,4)5/h6-12,14-15H,13H2,1-5H3,(H,25,31)(H,24,26,27). The van der Waals surface area contributed by atoms with E-state index in [9.17, 15) is 9.59 Å². The number of nitrogens with zero attached hydrogens (tertiary/aromatic N) is 4. The first kappa shape index (κ1) is 22.9. The number of carbonyl (C=O) groups is 2. The lowest BCUT2D eigenvalue weighted by molar-refractivity contribution is -0.123. The fourth-order valence-electron chi connectivity index (χ4n) is 3.03. The van der Waals surface area contributed by atoms with E-state index < -0.39 is 0 Å². The van der Waals surface area contributed by atoms with Gasteiger partial charge in [-0.2, -0.15) is 5.10 Å². The van der Waals surface area contributed by atoms with Gasteiger partial charge in [0, 0.05) is 23.2 Å². The summed E-state index contributed by atoms with van der Waals surface area (Å²) in [6.45, 7) is 9.78. The molecule has 32 heavy (non-hydrogen) atoms. The average molecular weight is 437 g/mol. The van der Waals surface area contributed by atoms with Gasteiger partial charge in [-0.1, -0.05) is 32.9 Å². The lowest BCUT2D eigenvalue weighted by atomic mass is 9.91. The number of aromatic nitrogens is 4. The van der Waals surface area contributed by atoms with E-state index in [-0.39, 0.29) is 24.0 Å². The summed E-state index contributed by atoms with van der Waals surface area (Å²) in [6.07, 6.45) is 3.93. The molecule has 0 aliphatic rings. The highest BCUT2D eigenvalue weighted by atomic mass is 16.5. The van der Waals surface area contributed by atoms with Crippen molar-refractivity contribution < 1.29 is 14.3 Å². The number of carbonyl (C=O) groups excluding carboxylic acids is 2. The maximum atomic E-state index is 11.8. The summed E-state index contributed by atoms with van der Waals surface area (Å²) < 4.78 is 6.84. The average Bonchev–Trinajstić information content (AvgIpc) is 3.16. The van der Waals surface area contributed by atoms with E-state index in [2.05, 4.69) is 25.7 Å². The van der Waals surface area contributed by atoms with Crippen molar-refractivity contribution in [2.45, 2.75) is 46.1 Å². The molecule has 3 rings (SSSR count). The summed E-state index contributed by atoms with van der Waals surface area (Å²) in [5.41, 5.74) is 1.93. The first-order chi connectivity index (χ1) is 15.2. The molecule has 0 saturated carbocycles. The van der Waals surface area contributed by atoms with Gasteiger partial charge in [-0.15, -0.1) is 0 Å². The lowest BCUT2D eigenvalue weighted by Crippen LogP contribution is -2.34. The molecule has 0 aliphatic heterocycles. The fraction of sp³-hybridized carbons (Fsp3) is 0.348. The van der Waals surface area contributed by atoms with Crippen molar-refractivity contribution in [3.05, 3.63) is 48.4 Å². The number of nitrogens with one attached hydrogen (secondary N) is 2. The van der Waals surface area contributed by atoms with Crippen LogP contribution in [0.2, 0.25) is 0 Å². The monoisotopic (exact) mass is 436 g/mol. The van der Waals surface area contributed by atoms with Gasteiger partial charge >= 0.3 is 0 Å². The number of amides is 1. The molecule has 168 valence electrons.